The Morgan fingerprint density at radius 2 is 2.00 bits per heavy atom. The Morgan fingerprint density at radius 1 is 1.19 bits per heavy atom. The third-order valence-electron chi connectivity index (χ3n) is 6.34. The van der Waals surface area contributed by atoms with E-state index < -0.39 is 0 Å². The lowest BCUT2D eigenvalue weighted by Crippen LogP contribution is -2.59. The number of nitrogens with one attached hydrogen (secondary N) is 1. The molecule has 3 aliphatic heterocycles. The van der Waals surface area contributed by atoms with Crippen LogP contribution in [0.5, 0.6) is 0 Å². The largest absolute Gasteiger partial charge is 0.339 e. The molecule has 2 fully saturated rings. The van der Waals surface area contributed by atoms with E-state index in [1.54, 1.807) is 0 Å². The standard InChI is InChI=1S/C21H30N4O2/c1-16(23-11-8-17-5-2-3-6-18(17)14-23)21(27)24-10-4-7-19(15-24)25-12-9-22-13-20(25)26/h2-3,5-6,16,19,22H,4,7-15H2,1H3. The van der Waals surface area contributed by atoms with E-state index in [0.717, 1.165) is 52.0 Å². The number of nitrogens with zero attached hydrogens (tertiary/aromatic N) is 3. The Bertz CT molecular complexity index is 707. The molecule has 2 amide bonds. The van der Waals surface area contributed by atoms with Crippen molar-refractivity contribution in [3.63, 3.8) is 0 Å². The Balaban J connectivity index is 1.39. The molecule has 1 N–H and O–H groups in total. The van der Waals surface area contributed by atoms with Gasteiger partial charge in [-0.25, -0.2) is 0 Å². The zero-order valence-electron chi connectivity index (χ0n) is 16.2. The molecule has 6 nitrogen and oxygen atoms in total. The number of rotatable bonds is 3. The Morgan fingerprint density at radius 3 is 2.81 bits per heavy atom. The number of fused-ring (bicyclic) bond motifs is 1. The zero-order chi connectivity index (χ0) is 18.8. The van der Waals surface area contributed by atoms with Gasteiger partial charge < -0.3 is 15.1 Å². The van der Waals surface area contributed by atoms with Crippen molar-refractivity contribution in [3.8, 4) is 0 Å². The number of likely N-dealkylation sites (tertiary alicyclic amines) is 1. The maximum atomic E-state index is 13.2. The maximum Gasteiger partial charge on any atom is 0.239 e. The Hall–Kier alpha value is -1.92. The van der Waals surface area contributed by atoms with Crippen LogP contribution in [0.4, 0.5) is 0 Å². The SMILES string of the molecule is CC(C(=O)N1CCCC(N2CCNCC2=O)C1)N1CCc2ccccc2C1. The number of piperidine rings is 1. The molecule has 0 saturated carbocycles. The van der Waals surface area contributed by atoms with E-state index in [1.165, 1.54) is 11.1 Å². The smallest absolute Gasteiger partial charge is 0.239 e. The highest BCUT2D eigenvalue weighted by Gasteiger charge is 2.34. The second-order valence-electron chi connectivity index (χ2n) is 8.01. The predicted molar refractivity (Wildman–Crippen MR) is 104 cm³/mol. The fraction of sp³-hybridized carbons (Fsp3) is 0.619. The van der Waals surface area contributed by atoms with E-state index in [9.17, 15) is 9.59 Å². The van der Waals surface area contributed by atoms with Gasteiger partial charge in [0.15, 0.2) is 0 Å². The molecule has 2 saturated heterocycles. The predicted octanol–water partition coefficient (Wildman–Crippen LogP) is 0.856. The lowest BCUT2D eigenvalue weighted by atomic mass is 9.98. The van der Waals surface area contributed by atoms with E-state index in [1.807, 2.05) is 16.7 Å². The average molecular weight is 370 g/mol. The quantitative estimate of drug-likeness (QED) is 0.857. The first-order valence-electron chi connectivity index (χ1n) is 10.2. The number of benzene rings is 1. The Labute approximate surface area is 161 Å². The molecule has 3 aliphatic rings. The van der Waals surface area contributed by atoms with Gasteiger partial charge in [-0.15, -0.1) is 0 Å². The van der Waals surface area contributed by atoms with Crippen LogP contribution in [0.2, 0.25) is 0 Å². The second kappa shape index (κ2) is 7.98. The van der Waals surface area contributed by atoms with Crippen molar-refractivity contribution in [2.75, 3.05) is 39.3 Å². The van der Waals surface area contributed by atoms with Gasteiger partial charge in [0.25, 0.3) is 0 Å². The number of carbonyl (C=O) groups excluding carboxylic acids is 2. The molecule has 2 unspecified atom stereocenters. The van der Waals surface area contributed by atoms with Crippen molar-refractivity contribution in [2.45, 2.75) is 44.8 Å². The molecule has 6 heteroatoms. The topological polar surface area (TPSA) is 55.9 Å². The molecule has 1 aromatic carbocycles. The third-order valence-corrected chi connectivity index (χ3v) is 6.34. The summed E-state index contributed by atoms with van der Waals surface area (Å²) in [6, 6.07) is 8.59. The molecule has 0 bridgehead atoms. The summed E-state index contributed by atoms with van der Waals surface area (Å²) in [7, 11) is 0. The molecule has 0 aromatic heterocycles. The molecule has 0 radical (unpaired) electrons. The van der Waals surface area contributed by atoms with Crippen molar-refractivity contribution in [1.82, 2.24) is 20.0 Å². The molecule has 146 valence electrons. The van der Waals surface area contributed by atoms with Gasteiger partial charge in [-0.2, -0.15) is 0 Å². The molecular weight excluding hydrogens is 340 g/mol. The molecule has 0 aliphatic carbocycles. The first kappa shape index (κ1) is 18.4. The maximum absolute atomic E-state index is 13.2. The van der Waals surface area contributed by atoms with Crippen molar-refractivity contribution in [3.05, 3.63) is 35.4 Å². The van der Waals surface area contributed by atoms with Crippen LogP contribution in [-0.2, 0) is 22.6 Å². The Kier molecular flexibility index (Phi) is 5.45. The van der Waals surface area contributed by atoms with Gasteiger partial charge in [0.1, 0.15) is 0 Å². The van der Waals surface area contributed by atoms with Gasteiger partial charge >= 0.3 is 0 Å². The summed E-state index contributed by atoms with van der Waals surface area (Å²) in [6.07, 6.45) is 2.98. The molecule has 3 heterocycles. The van der Waals surface area contributed by atoms with E-state index in [2.05, 4.69) is 34.5 Å². The minimum atomic E-state index is -0.115. The molecule has 0 spiro atoms. The lowest BCUT2D eigenvalue weighted by molar-refractivity contribution is -0.143. The number of piperazine rings is 1. The normalized spacial score (nSPS) is 25.2. The monoisotopic (exact) mass is 370 g/mol. The van der Waals surface area contributed by atoms with Gasteiger partial charge in [0, 0.05) is 45.3 Å². The van der Waals surface area contributed by atoms with Gasteiger partial charge in [-0.1, -0.05) is 24.3 Å². The van der Waals surface area contributed by atoms with Crippen LogP contribution in [-0.4, -0.2) is 77.9 Å². The summed E-state index contributed by atoms with van der Waals surface area (Å²) in [5.41, 5.74) is 2.75. The molecular formula is C21H30N4O2. The van der Waals surface area contributed by atoms with Crippen LogP contribution >= 0.6 is 0 Å². The molecule has 27 heavy (non-hydrogen) atoms. The van der Waals surface area contributed by atoms with Crippen LogP contribution in [0, 0.1) is 0 Å². The highest BCUT2D eigenvalue weighted by Crippen LogP contribution is 2.23. The van der Waals surface area contributed by atoms with Gasteiger partial charge in [-0.3, -0.25) is 14.5 Å². The van der Waals surface area contributed by atoms with Crippen LogP contribution in [0.15, 0.2) is 24.3 Å². The van der Waals surface area contributed by atoms with Crippen molar-refractivity contribution in [1.29, 1.82) is 0 Å². The minimum absolute atomic E-state index is 0.115. The third kappa shape index (κ3) is 3.87. The second-order valence-corrected chi connectivity index (χ2v) is 8.01. The lowest BCUT2D eigenvalue weighted by Gasteiger charge is -2.43. The fourth-order valence-electron chi connectivity index (χ4n) is 4.69. The molecule has 2 atom stereocenters. The first-order chi connectivity index (χ1) is 13.1. The highest BCUT2D eigenvalue weighted by molar-refractivity contribution is 5.82. The number of hydrogen-bond donors (Lipinski definition) is 1. The zero-order valence-corrected chi connectivity index (χ0v) is 16.2. The van der Waals surface area contributed by atoms with E-state index in [4.69, 9.17) is 0 Å². The van der Waals surface area contributed by atoms with Crippen molar-refractivity contribution >= 4 is 11.8 Å². The number of hydrogen-bond acceptors (Lipinski definition) is 4. The van der Waals surface area contributed by atoms with Gasteiger partial charge in [0.05, 0.1) is 12.6 Å². The highest BCUT2D eigenvalue weighted by atomic mass is 16.2. The van der Waals surface area contributed by atoms with Gasteiger partial charge in [-0.05, 0) is 37.3 Å². The van der Waals surface area contributed by atoms with Crippen LogP contribution < -0.4 is 5.32 Å². The first-order valence-corrected chi connectivity index (χ1v) is 10.2. The summed E-state index contributed by atoms with van der Waals surface area (Å²) in [5, 5.41) is 3.13. The van der Waals surface area contributed by atoms with Crippen LogP contribution in [0.25, 0.3) is 0 Å². The molecule has 4 rings (SSSR count). The fourth-order valence-corrected chi connectivity index (χ4v) is 4.69. The summed E-state index contributed by atoms with van der Waals surface area (Å²) < 4.78 is 0. The number of carbonyl (C=O) groups is 2. The summed E-state index contributed by atoms with van der Waals surface area (Å²) in [6.45, 7) is 7.32. The average Bonchev–Trinajstić information content (AvgIpc) is 2.72. The van der Waals surface area contributed by atoms with E-state index >= 15 is 0 Å². The van der Waals surface area contributed by atoms with E-state index in [-0.39, 0.29) is 23.9 Å². The molecule has 1 aromatic rings. The minimum Gasteiger partial charge on any atom is -0.339 e. The van der Waals surface area contributed by atoms with E-state index in [0.29, 0.717) is 13.1 Å². The summed E-state index contributed by atoms with van der Waals surface area (Å²) in [5.74, 6) is 0.378. The number of amides is 2. The summed E-state index contributed by atoms with van der Waals surface area (Å²) in [4.78, 5) is 31.7. The van der Waals surface area contributed by atoms with Crippen LogP contribution in [0.3, 0.4) is 0 Å². The van der Waals surface area contributed by atoms with Crippen LogP contribution in [0.1, 0.15) is 30.9 Å². The summed E-state index contributed by atoms with van der Waals surface area (Å²) >= 11 is 0. The van der Waals surface area contributed by atoms with Crippen molar-refractivity contribution in [2.24, 2.45) is 0 Å². The van der Waals surface area contributed by atoms with Gasteiger partial charge in [0.2, 0.25) is 11.8 Å². The van der Waals surface area contributed by atoms with Crippen molar-refractivity contribution < 1.29 is 9.59 Å².